The van der Waals surface area contributed by atoms with Crippen molar-refractivity contribution in [3.05, 3.63) is 0 Å². The molecule has 100 valence electrons. The zero-order valence-corrected chi connectivity index (χ0v) is 12.1. The van der Waals surface area contributed by atoms with Gasteiger partial charge in [0.2, 0.25) is 0 Å². The van der Waals surface area contributed by atoms with E-state index in [1.165, 1.54) is 6.54 Å². The summed E-state index contributed by atoms with van der Waals surface area (Å²) in [6.45, 7) is 8.75. The predicted molar refractivity (Wildman–Crippen MR) is 70.6 cm³/mol. The molecular formula is C13H32NO2+. The van der Waals surface area contributed by atoms with Crippen LogP contribution < -0.4 is 0 Å². The molecule has 0 spiro atoms. The van der Waals surface area contributed by atoms with Crippen LogP contribution in [0.25, 0.3) is 0 Å². The van der Waals surface area contributed by atoms with Gasteiger partial charge in [0.1, 0.15) is 0 Å². The van der Waals surface area contributed by atoms with Crippen LogP contribution in [0.3, 0.4) is 0 Å². The summed E-state index contributed by atoms with van der Waals surface area (Å²) in [7, 11) is 6.54. The second-order valence-electron chi connectivity index (χ2n) is 5.10. The molecule has 0 aliphatic rings. The molecule has 1 unspecified atom stereocenters. The molecule has 0 radical (unpaired) electrons. The smallest absolute Gasteiger partial charge is 0.0771 e. The highest BCUT2D eigenvalue weighted by molar-refractivity contribution is 4.47. The molecule has 1 N–H and O–H groups in total. The van der Waals surface area contributed by atoms with Crippen molar-refractivity contribution in [1.29, 1.82) is 0 Å². The van der Waals surface area contributed by atoms with Crippen LogP contribution in [-0.2, 0) is 4.74 Å². The topological polar surface area (TPSA) is 29.5 Å². The molecule has 0 saturated carbocycles. The van der Waals surface area contributed by atoms with Crippen molar-refractivity contribution < 1.29 is 14.3 Å². The molecule has 0 fully saturated rings. The molecule has 0 aliphatic heterocycles. The molecule has 0 bridgehead atoms. The van der Waals surface area contributed by atoms with Crippen LogP contribution in [0.5, 0.6) is 0 Å². The summed E-state index contributed by atoms with van der Waals surface area (Å²) in [4.78, 5) is 0. The molecule has 0 heterocycles. The Morgan fingerprint density at radius 3 is 1.94 bits per heavy atom. The maximum Gasteiger partial charge on any atom is 0.0771 e. The largest absolute Gasteiger partial charge is 0.391 e. The van der Waals surface area contributed by atoms with Gasteiger partial charge in [-0.3, -0.25) is 0 Å². The molecule has 0 saturated heterocycles. The lowest BCUT2D eigenvalue weighted by atomic mass is 10.3. The van der Waals surface area contributed by atoms with Crippen LogP contribution in [0.15, 0.2) is 0 Å². The Morgan fingerprint density at radius 2 is 1.62 bits per heavy atom. The Morgan fingerprint density at radius 1 is 1.12 bits per heavy atom. The molecular weight excluding hydrogens is 202 g/mol. The second-order valence-corrected chi connectivity index (χ2v) is 5.10. The minimum Gasteiger partial charge on any atom is -0.391 e. The van der Waals surface area contributed by atoms with Gasteiger partial charge in [-0.25, -0.2) is 0 Å². The Balaban J connectivity index is 0. The third-order valence-electron chi connectivity index (χ3n) is 2.37. The number of rotatable bonds is 7. The number of unbranched alkanes of at least 4 members (excludes halogenated alkanes) is 1. The van der Waals surface area contributed by atoms with E-state index in [1.54, 1.807) is 0 Å². The average Bonchev–Trinajstić information content (AvgIpc) is 2.24. The van der Waals surface area contributed by atoms with E-state index in [0.29, 0.717) is 6.61 Å². The molecule has 0 rings (SSSR count). The van der Waals surface area contributed by atoms with Gasteiger partial charge in [0.15, 0.2) is 0 Å². The van der Waals surface area contributed by atoms with Gasteiger partial charge in [-0.15, -0.1) is 0 Å². The zero-order valence-electron chi connectivity index (χ0n) is 12.1. The highest BCUT2D eigenvalue weighted by Gasteiger charge is 1.98. The Hall–Kier alpha value is -0.120. The van der Waals surface area contributed by atoms with Gasteiger partial charge in [0.05, 0.1) is 40.4 Å². The monoisotopic (exact) mass is 234 g/mol. The van der Waals surface area contributed by atoms with Crippen LogP contribution in [0.2, 0.25) is 0 Å². The van der Waals surface area contributed by atoms with Gasteiger partial charge in [-0.2, -0.15) is 0 Å². The molecule has 0 aromatic rings. The van der Waals surface area contributed by atoms with Crippen LogP contribution in [-0.4, -0.2) is 56.6 Å². The van der Waals surface area contributed by atoms with E-state index in [0.717, 1.165) is 30.4 Å². The van der Waals surface area contributed by atoms with Crippen molar-refractivity contribution in [2.75, 3.05) is 40.9 Å². The summed E-state index contributed by atoms with van der Waals surface area (Å²) in [6.07, 6.45) is 2.77. The van der Waals surface area contributed by atoms with E-state index in [4.69, 9.17) is 9.84 Å². The summed E-state index contributed by atoms with van der Waals surface area (Å²) < 4.78 is 6.25. The van der Waals surface area contributed by atoms with Crippen molar-refractivity contribution in [3.63, 3.8) is 0 Å². The Kier molecular flexibility index (Phi) is 13.0. The molecule has 0 amide bonds. The van der Waals surface area contributed by atoms with Crippen molar-refractivity contribution >= 4 is 0 Å². The Bertz CT molecular complexity index is 132. The van der Waals surface area contributed by atoms with Crippen molar-refractivity contribution in [1.82, 2.24) is 0 Å². The standard InChI is InChI=1S/C8H18O2.C5H14N/c1-3-5-6-10-7-8(9)4-2;1-5-6(2,3)4/h8-9H,3-7H2,1-2H3;5H2,1-4H3/q;+1. The van der Waals surface area contributed by atoms with Crippen molar-refractivity contribution in [2.45, 2.75) is 46.1 Å². The van der Waals surface area contributed by atoms with Gasteiger partial charge in [0, 0.05) is 6.61 Å². The number of ether oxygens (including phenoxy) is 1. The SMILES string of the molecule is CCCCOCC(O)CC.CC[N+](C)(C)C. The van der Waals surface area contributed by atoms with E-state index in [9.17, 15) is 0 Å². The number of nitrogens with zero attached hydrogens (tertiary/aromatic N) is 1. The second kappa shape index (κ2) is 11.4. The zero-order chi connectivity index (χ0) is 13.0. The molecule has 16 heavy (non-hydrogen) atoms. The van der Waals surface area contributed by atoms with E-state index >= 15 is 0 Å². The quantitative estimate of drug-likeness (QED) is 0.541. The number of hydrogen-bond acceptors (Lipinski definition) is 2. The summed E-state index contributed by atoms with van der Waals surface area (Å²) in [6, 6.07) is 0. The van der Waals surface area contributed by atoms with Crippen LogP contribution >= 0.6 is 0 Å². The van der Waals surface area contributed by atoms with Crippen LogP contribution in [0.1, 0.15) is 40.0 Å². The lowest BCUT2D eigenvalue weighted by molar-refractivity contribution is -0.868. The summed E-state index contributed by atoms with van der Waals surface area (Å²) in [5, 5.41) is 9.03. The first kappa shape index (κ1) is 18.3. The average molecular weight is 234 g/mol. The van der Waals surface area contributed by atoms with Crippen molar-refractivity contribution in [2.24, 2.45) is 0 Å². The minimum absolute atomic E-state index is 0.267. The summed E-state index contributed by atoms with van der Waals surface area (Å²) in [5.74, 6) is 0. The molecule has 1 atom stereocenters. The fourth-order valence-electron chi connectivity index (χ4n) is 0.584. The van der Waals surface area contributed by atoms with E-state index < -0.39 is 0 Å². The number of aliphatic hydroxyl groups excluding tert-OH is 1. The highest BCUT2D eigenvalue weighted by atomic mass is 16.5. The molecule has 0 aromatic heterocycles. The predicted octanol–water partition coefficient (Wildman–Crippen LogP) is 2.29. The van der Waals surface area contributed by atoms with Gasteiger partial charge in [-0.05, 0) is 19.8 Å². The maximum atomic E-state index is 9.03. The van der Waals surface area contributed by atoms with Crippen molar-refractivity contribution in [3.8, 4) is 0 Å². The number of aliphatic hydroxyl groups is 1. The molecule has 3 heteroatoms. The normalized spacial score (nSPS) is 12.9. The molecule has 0 aliphatic carbocycles. The van der Waals surface area contributed by atoms with Gasteiger partial charge < -0.3 is 14.3 Å². The third-order valence-corrected chi connectivity index (χ3v) is 2.37. The molecule has 3 nitrogen and oxygen atoms in total. The van der Waals surface area contributed by atoms with Crippen LogP contribution in [0.4, 0.5) is 0 Å². The lowest BCUT2D eigenvalue weighted by Crippen LogP contribution is -2.33. The number of quaternary nitrogens is 1. The molecule has 0 aromatic carbocycles. The van der Waals surface area contributed by atoms with E-state index in [2.05, 4.69) is 35.0 Å². The van der Waals surface area contributed by atoms with E-state index in [1.807, 2.05) is 6.92 Å². The third kappa shape index (κ3) is 19.5. The number of hydrogen-bond donors (Lipinski definition) is 1. The first-order valence-corrected chi connectivity index (χ1v) is 6.43. The lowest BCUT2D eigenvalue weighted by Gasteiger charge is -2.20. The summed E-state index contributed by atoms with van der Waals surface area (Å²) in [5.41, 5.74) is 0. The fraction of sp³-hybridized carbons (Fsp3) is 1.00. The fourth-order valence-corrected chi connectivity index (χ4v) is 0.584. The van der Waals surface area contributed by atoms with Gasteiger partial charge in [-0.1, -0.05) is 20.3 Å². The Labute approximate surface area is 102 Å². The van der Waals surface area contributed by atoms with Gasteiger partial charge in [0.25, 0.3) is 0 Å². The summed E-state index contributed by atoms with van der Waals surface area (Å²) >= 11 is 0. The first-order valence-electron chi connectivity index (χ1n) is 6.43. The minimum atomic E-state index is -0.267. The van der Waals surface area contributed by atoms with Gasteiger partial charge >= 0.3 is 0 Å². The first-order chi connectivity index (χ1) is 7.37. The van der Waals surface area contributed by atoms with Crippen LogP contribution in [0, 0.1) is 0 Å². The maximum absolute atomic E-state index is 9.03. The van der Waals surface area contributed by atoms with E-state index in [-0.39, 0.29) is 6.10 Å². The highest BCUT2D eigenvalue weighted by Crippen LogP contribution is 1.93.